The summed E-state index contributed by atoms with van der Waals surface area (Å²) in [7, 11) is 0. The van der Waals surface area contributed by atoms with Gasteiger partial charge in [-0.2, -0.15) is 5.11 Å². The van der Waals surface area contributed by atoms with Gasteiger partial charge >= 0.3 is 0 Å². The lowest BCUT2D eigenvalue weighted by molar-refractivity contribution is 0.374. The van der Waals surface area contributed by atoms with Crippen molar-refractivity contribution in [3.8, 4) is 0 Å². The second kappa shape index (κ2) is 6.53. The fourth-order valence-corrected chi connectivity index (χ4v) is 3.44. The SMILES string of the molecule is NCC(Cc1ccccc1)C1(c2ccc3cnccc3c2)C=NN=N1. The van der Waals surface area contributed by atoms with Gasteiger partial charge in [0.05, 0.1) is 6.21 Å². The van der Waals surface area contributed by atoms with Crippen LogP contribution in [0.3, 0.4) is 0 Å². The Morgan fingerprint density at radius 1 is 1.00 bits per heavy atom. The van der Waals surface area contributed by atoms with Gasteiger partial charge in [-0.15, -0.1) is 5.10 Å². The van der Waals surface area contributed by atoms with Gasteiger partial charge in [-0.1, -0.05) is 42.5 Å². The highest BCUT2D eigenvalue weighted by Gasteiger charge is 2.41. The van der Waals surface area contributed by atoms with Crippen molar-refractivity contribution in [2.45, 2.75) is 12.0 Å². The smallest absolute Gasteiger partial charge is 0.150 e. The minimum atomic E-state index is -0.623. The summed E-state index contributed by atoms with van der Waals surface area (Å²) in [5.41, 5.74) is 7.83. The highest BCUT2D eigenvalue weighted by atomic mass is 15.4. The zero-order chi connectivity index (χ0) is 17.1. The van der Waals surface area contributed by atoms with Crippen LogP contribution in [0.1, 0.15) is 11.1 Å². The number of rotatable bonds is 5. The first-order valence-corrected chi connectivity index (χ1v) is 8.36. The molecule has 1 aliphatic heterocycles. The van der Waals surface area contributed by atoms with E-state index in [1.54, 1.807) is 6.20 Å². The molecule has 0 spiro atoms. The van der Waals surface area contributed by atoms with E-state index in [9.17, 15) is 0 Å². The van der Waals surface area contributed by atoms with Crippen molar-refractivity contribution >= 4 is 17.0 Å². The zero-order valence-electron chi connectivity index (χ0n) is 13.8. The van der Waals surface area contributed by atoms with Crippen molar-refractivity contribution in [3.05, 3.63) is 78.1 Å². The third-order valence-electron chi connectivity index (χ3n) is 4.85. The molecule has 0 saturated heterocycles. The van der Waals surface area contributed by atoms with Gasteiger partial charge in [0.1, 0.15) is 5.54 Å². The summed E-state index contributed by atoms with van der Waals surface area (Å²) in [6, 6.07) is 18.6. The number of pyridine rings is 1. The summed E-state index contributed by atoms with van der Waals surface area (Å²) in [6.07, 6.45) is 6.31. The summed E-state index contributed by atoms with van der Waals surface area (Å²) in [5.74, 6) is 0.0733. The van der Waals surface area contributed by atoms with Gasteiger partial charge in [0.25, 0.3) is 0 Å². The molecule has 0 radical (unpaired) electrons. The van der Waals surface area contributed by atoms with Gasteiger partial charge in [0.2, 0.25) is 0 Å². The van der Waals surface area contributed by atoms with Gasteiger partial charge in [-0.25, -0.2) is 0 Å². The number of benzene rings is 2. The Balaban J connectivity index is 1.77. The fourth-order valence-electron chi connectivity index (χ4n) is 3.44. The Morgan fingerprint density at radius 3 is 2.64 bits per heavy atom. The van der Waals surface area contributed by atoms with E-state index in [0.29, 0.717) is 6.54 Å². The maximum absolute atomic E-state index is 6.16. The summed E-state index contributed by atoms with van der Waals surface area (Å²) in [6.45, 7) is 0.494. The molecule has 2 atom stereocenters. The number of fused-ring (bicyclic) bond motifs is 1. The van der Waals surface area contributed by atoms with Crippen molar-refractivity contribution in [2.75, 3.05) is 6.54 Å². The van der Waals surface area contributed by atoms with Gasteiger partial charge in [0, 0.05) is 23.7 Å². The number of hydrogen-bond acceptors (Lipinski definition) is 5. The van der Waals surface area contributed by atoms with Crippen LogP contribution < -0.4 is 5.73 Å². The van der Waals surface area contributed by atoms with E-state index >= 15 is 0 Å². The molecule has 0 bridgehead atoms. The van der Waals surface area contributed by atoms with Crippen molar-refractivity contribution < 1.29 is 0 Å². The highest BCUT2D eigenvalue weighted by molar-refractivity contribution is 5.85. The average molecular weight is 329 g/mol. The molecule has 1 aliphatic rings. The molecule has 2 N–H and O–H groups in total. The van der Waals surface area contributed by atoms with Crippen LogP contribution in [0.5, 0.6) is 0 Å². The largest absolute Gasteiger partial charge is 0.330 e. The first kappa shape index (κ1) is 15.6. The molecule has 1 aromatic heterocycles. The summed E-state index contributed by atoms with van der Waals surface area (Å²) in [5, 5.41) is 14.7. The molecule has 0 fully saturated rings. The zero-order valence-corrected chi connectivity index (χ0v) is 13.8. The number of nitrogens with zero attached hydrogens (tertiary/aromatic N) is 4. The van der Waals surface area contributed by atoms with Gasteiger partial charge in [-0.3, -0.25) is 4.98 Å². The average Bonchev–Trinajstić information content (AvgIpc) is 3.17. The predicted molar refractivity (Wildman–Crippen MR) is 99.5 cm³/mol. The van der Waals surface area contributed by atoms with Gasteiger partial charge in [0.15, 0.2) is 0 Å². The lowest BCUT2D eigenvalue weighted by atomic mass is 9.76. The van der Waals surface area contributed by atoms with Crippen LogP contribution in [0, 0.1) is 5.92 Å². The Bertz CT molecular complexity index is 921. The number of aromatic nitrogens is 1. The quantitative estimate of drug-likeness (QED) is 0.775. The normalized spacial score (nSPS) is 20.2. The molecule has 2 heterocycles. The van der Waals surface area contributed by atoms with Crippen LogP contribution in [-0.2, 0) is 12.0 Å². The molecule has 0 amide bonds. The molecule has 2 unspecified atom stereocenters. The van der Waals surface area contributed by atoms with Gasteiger partial charge in [-0.05, 0) is 46.8 Å². The van der Waals surface area contributed by atoms with Crippen molar-refractivity contribution in [3.63, 3.8) is 0 Å². The van der Waals surface area contributed by atoms with Crippen LogP contribution in [0.25, 0.3) is 10.8 Å². The predicted octanol–water partition coefficient (Wildman–Crippen LogP) is 3.70. The molecule has 5 heteroatoms. The van der Waals surface area contributed by atoms with E-state index in [2.05, 4.69) is 50.8 Å². The maximum Gasteiger partial charge on any atom is 0.150 e. The Kier molecular flexibility index (Phi) is 4.07. The van der Waals surface area contributed by atoms with Crippen LogP contribution in [0.4, 0.5) is 0 Å². The fraction of sp³-hybridized carbons (Fsp3) is 0.200. The van der Waals surface area contributed by atoms with E-state index in [1.165, 1.54) is 5.56 Å². The number of nitrogens with two attached hydrogens (primary N) is 1. The molecular weight excluding hydrogens is 310 g/mol. The summed E-state index contributed by atoms with van der Waals surface area (Å²) < 4.78 is 0. The molecule has 124 valence electrons. The molecule has 4 rings (SSSR count). The number of hydrogen-bond donors (Lipinski definition) is 1. The third kappa shape index (κ3) is 2.83. The van der Waals surface area contributed by atoms with Crippen molar-refractivity contribution in [2.24, 2.45) is 27.1 Å². The van der Waals surface area contributed by atoms with Gasteiger partial charge < -0.3 is 5.73 Å². The molecule has 3 aromatic rings. The Hall–Kier alpha value is -2.92. The lowest BCUT2D eigenvalue weighted by Crippen LogP contribution is -2.39. The molecule has 0 saturated carbocycles. The Labute approximate surface area is 146 Å². The molecular formula is C20H19N5. The minimum absolute atomic E-state index is 0.0733. The van der Waals surface area contributed by atoms with E-state index in [4.69, 9.17) is 5.73 Å². The van der Waals surface area contributed by atoms with Crippen LogP contribution >= 0.6 is 0 Å². The molecule has 0 aliphatic carbocycles. The van der Waals surface area contributed by atoms with E-state index in [0.717, 1.165) is 22.8 Å². The van der Waals surface area contributed by atoms with Crippen molar-refractivity contribution in [1.29, 1.82) is 0 Å². The minimum Gasteiger partial charge on any atom is -0.330 e. The first-order valence-electron chi connectivity index (χ1n) is 8.36. The van der Waals surface area contributed by atoms with E-state index < -0.39 is 5.54 Å². The third-order valence-corrected chi connectivity index (χ3v) is 4.85. The molecule has 5 nitrogen and oxygen atoms in total. The van der Waals surface area contributed by atoms with E-state index in [1.807, 2.05) is 36.7 Å². The summed E-state index contributed by atoms with van der Waals surface area (Å²) in [4.78, 5) is 4.18. The van der Waals surface area contributed by atoms with E-state index in [-0.39, 0.29) is 5.92 Å². The Morgan fingerprint density at radius 2 is 1.88 bits per heavy atom. The topological polar surface area (TPSA) is 76.0 Å². The van der Waals surface area contributed by atoms with Crippen molar-refractivity contribution in [1.82, 2.24) is 4.98 Å². The highest BCUT2D eigenvalue weighted by Crippen LogP contribution is 2.38. The molecule has 2 aromatic carbocycles. The first-order chi connectivity index (χ1) is 12.3. The monoisotopic (exact) mass is 329 g/mol. The molecule has 25 heavy (non-hydrogen) atoms. The van der Waals surface area contributed by atoms with Crippen LogP contribution in [0.15, 0.2) is 82.4 Å². The van der Waals surface area contributed by atoms with Crippen LogP contribution in [-0.4, -0.2) is 17.7 Å². The maximum atomic E-state index is 6.16. The second-order valence-corrected chi connectivity index (χ2v) is 6.32. The standard InChI is InChI=1S/C20H19N5/c21-12-19(10-15-4-2-1-3-5-15)20(14-23-25-24-20)18-7-6-17-13-22-9-8-16(17)11-18/h1-9,11,13-14,19H,10,12,21H2. The summed E-state index contributed by atoms with van der Waals surface area (Å²) >= 11 is 0. The van der Waals surface area contributed by atoms with Crippen LogP contribution in [0.2, 0.25) is 0 Å². The second-order valence-electron chi connectivity index (χ2n) is 6.32. The lowest BCUT2D eigenvalue weighted by Gasteiger charge is -2.31.